The minimum absolute atomic E-state index is 0.0236. The molecule has 0 unspecified atom stereocenters. The molecule has 1 aliphatic rings. The number of benzene rings is 2. The SMILES string of the molecule is CC[C@H]1OC(=O)[C@H](C)[C@@H](OC(=O)CN(CCOC(=O)c2ccccc2OC(C)=O)CCOC(=O)c2ccccc2OC(C)=O)[C@H](C)[C@@H](O)[C@](C)(O)C[C@@H](C)CN(C)[C@H](C)[C@@H](O)[C@]1(C)O. The summed E-state index contributed by atoms with van der Waals surface area (Å²) >= 11 is 0. The maximum absolute atomic E-state index is 14.0. The van der Waals surface area contributed by atoms with Gasteiger partial charge in [0.2, 0.25) is 0 Å². The molecule has 1 saturated heterocycles. The number of aliphatic hydroxyl groups is 4. The lowest BCUT2D eigenvalue weighted by Gasteiger charge is -2.42. The van der Waals surface area contributed by atoms with E-state index in [1.807, 2.05) is 11.8 Å². The Morgan fingerprint density at radius 1 is 0.812 bits per heavy atom. The molecule has 2 aromatic rings. The van der Waals surface area contributed by atoms with E-state index in [4.69, 9.17) is 28.4 Å². The molecule has 0 saturated carbocycles. The Morgan fingerprint density at radius 3 is 1.77 bits per heavy atom. The maximum atomic E-state index is 14.0. The first-order valence-corrected chi connectivity index (χ1v) is 21.4. The van der Waals surface area contributed by atoms with Gasteiger partial charge in [0.15, 0.2) is 0 Å². The van der Waals surface area contributed by atoms with Crippen LogP contribution in [0.25, 0.3) is 0 Å². The monoisotopic (exact) mass is 902 g/mol. The number of aliphatic hydroxyl groups excluding tert-OH is 2. The third kappa shape index (κ3) is 14.8. The summed E-state index contributed by atoms with van der Waals surface area (Å²) in [5.41, 5.74) is -3.73. The van der Waals surface area contributed by atoms with Crippen LogP contribution in [0.4, 0.5) is 0 Å². The van der Waals surface area contributed by atoms with Crippen molar-refractivity contribution in [2.24, 2.45) is 17.8 Å². The maximum Gasteiger partial charge on any atom is 0.341 e. The molecular weight excluding hydrogens is 837 g/mol. The minimum Gasteiger partial charge on any atom is -0.461 e. The number of hydrogen-bond acceptors (Lipinski definition) is 18. The smallest absolute Gasteiger partial charge is 0.341 e. The van der Waals surface area contributed by atoms with Crippen molar-refractivity contribution in [3.8, 4) is 11.5 Å². The highest BCUT2D eigenvalue weighted by atomic mass is 16.6. The molecule has 1 fully saturated rings. The number of nitrogens with zero attached hydrogens (tertiary/aromatic N) is 2. The summed E-state index contributed by atoms with van der Waals surface area (Å²) in [6, 6.07) is 11.3. The summed E-state index contributed by atoms with van der Waals surface area (Å²) in [6.07, 6.45) is -5.34. The summed E-state index contributed by atoms with van der Waals surface area (Å²) in [5.74, 6) is -7.45. The van der Waals surface area contributed by atoms with Gasteiger partial charge in [0, 0.05) is 45.4 Å². The van der Waals surface area contributed by atoms with E-state index in [-0.39, 0.29) is 67.7 Å². The molecule has 0 amide bonds. The summed E-state index contributed by atoms with van der Waals surface area (Å²) < 4.78 is 33.0. The zero-order valence-electron chi connectivity index (χ0n) is 38.5. The predicted octanol–water partition coefficient (Wildman–Crippen LogP) is 2.94. The molecule has 0 aromatic heterocycles. The average Bonchev–Trinajstić information content (AvgIpc) is 3.22. The van der Waals surface area contributed by atoms with E-state index in [0.29, 0.717) is 6.54 Å². The highest BCUT2D eigenvalue weighted by Gasteiger charge is 2.48. The molecule has 3 rings (SSSR count). The number of rotatable bonds is 14. The molecule has 356 valence electrons. The van der Waals surface area contributed by atoms with E-state index < -0.39 is 95.9 Å². The van der Waals surface area contributed by atoms with Crippen LogP contribution in [0.2, 0.25) is 0 Å². The molecule has 0 aliphatic carbocycles. The topological polar surface area (TPSA) is 245 Å². The van der Waals surface area contributed by atoms with Crippen molar-refractivity contribution in [3.05, 3.63) is 59.7 Å². The highest BCUT2D eigenvalue weighted by molar-refractivity contribution is 5.94. The van der Waals surface area contributed by atoms with Gasteiger partial charge in [0.1, 0.15) is 59.8 Å². The van der Waals surface area contributed by atoms with Gasteiger partial charge in [-0.1, -0.05) is 45.0 Å². The van der Waals surface area contributed by atoms with E-state index in [2.05, 4.69) is 0 Å². The van der Waals surface area contributed by atoms with E-state index in [1.54, 1.807) is 45.2 Å². The van der Waals surface area contributed by atoms with Crippen molar-refractivity contribution in [3.63, 3.8) is 0 Å². The molecule has 2 aromatic carbocycles. The molecular formula is C46H66N2O16. The lowest BCUT2D eigenvalue weighted by atomic mass is 9.78. The number of hydrogen-bond donors (Lipinski definition) is 4. The van der Waals surface area contributed by atoms with Gasteiger partial charge in [0.25, 0.3) is 0 Å². The molecule has 64 heavy (non-hydrogen) atoms. The molecule has 1 heterocycles. The van der Waals surface area contributed by atoms with Crippen LogP contribution in [0.15, 0.2) is 48.5 Å². The first-order valence-electron chi connectivity index (χ1n) is 21.4. The Labute approximate surface area is 374 Å². The number of likely N-dealkylation sites (N-methyl/N-ethyl adjacent to an activating group) is 1. The van der Waals surface area contributed by atoms with E-state index in [0.717, 1.165) is 0 Å². The van der Waals surface area contributed by atoms with Gasteiger partial charge in [-0.05, 0) is 77.8 Å². The number of carbonyl (C=O) groups is 6. The predicted molar refractivity (Wildman–Crippen MR) is 230 cm³/mol. The van der Waals surface area contributed by atoms with Gasteiger partial charge in [0.05, 0.1) is 24.2 Å². The molecule has 10 atom stereocenters. The van der Waals surface area contributed by atoms with Gasteiger partial charge < -0.3 is 53.7 Å². The molecule has 18 heteroatoms. The van der Waals surface area contributed by atoms with Crippen molar-refractivity contribution < 1.29 is 77.6 Å². The van der Waals surface area contributed by atoms with E-state index >= 15 is 0 Å². The summed E-state index contributed by atoms with van der Waals surface area (Å²) in [5, 5.41) is 46.4. The lowest BCUT2D eigenvalue weighted by Crippen LogP contribution is -2.59. The second kappa shape index (κ2) is 23.8. The van der Waals surface area contributed by atoms with Gasteiger partial charge >= 0.3 is 35.8 Å². The van der Waals surface area contributed by atoms with Crippen molar-refractivity contribution in [2.45, 2.75) is 117 Å². The fraction of sp³-hybridized carbons (Fsp3) is 0.609. The Morgan fingerprint density at radius 2 is 1.30 bits per heavy atom. The summed E-state index contributed by atoms with van der Waals surface area (Å²) in [4.78, 5) is 80.6. The fourth-order valence-electron chi connectivity index (χ4n) is 7.97. The van der Waals surface area contributed by atoms with Gasteiger partial charge in [-0.2, -0.15) is 0 Å². The van der Waals surface area contributed by atoms with Gasteiger partial charge in [-0.15, -0.1) is 0 Å². The van der Waals surface area contributed by atoms with E-state index in [1.165, 1.54) is 70.7 Å². The second-order valence-electron chi connectivity index (χ2n) is 17.1. The lowest BCUT2D eigenvalue weighted by molar-refractivity contribution is -0.196. The molecule has 0 bridgehead atoms. The van der Waals surface area contributed by atoms with Crippen LogP contribution >= 0.6 is 0 Å². The first-order chi connectivity index (χ1) is 29.9. The van der Waals surface area contributed by atoms with Crippen LogP contribution in [0.5, 0.6) is 11.5 Å². The zero-order chi connectivity index (χ0) is 48.1. The van der Waals surface area contributed by atoms with Crippen LogP contribution in [0.1, 0.15) is 95.9 Å². The van der Waals surface area contributed by atoms with Crippen molar-refractivity contribution >= 4 is 35.8 Å². The minimum atomic E-state index is -1.91. The summed E-state index contributed by atoms with van der Waals surface area (Å²) in [7, 11) is 1.75. The van der Waals surface area contributed by atoms with Crippen molar-refractivity contribution in [2.75, 3.05) is 46.4 Å². The quantitative estimate of drug-likeness (QED) is 0.121. The van der Waals surface area contributed by atoms with Gasteiger partial charge in [-0.25, -0.2) is 9.59 Å². The Balaban J connectivity index is 1.92. The zero-order valence-corrected chi connectivity index (χ0v) is 38.5. The Hall–Kier alpha value is -4.98. The standard InChI is InChI=1S/C46H66N2O16/c1-11-37-46(9,58)41(53)30(5)47(10)25-27(2)24-45(8,57)40(52)28(3)39(29(4)42(54)63-37)64-38(51)26-48(20-22-59-43(55)33-16-12-14-18-35(33)61-31(6)49)21-23-60-44(56)34-17-13-15-19-36(34)62-32(7)50/h12-19,27-30,37,39-41,52-53,57-58H,11,20-26H2,1-10H3/t27-,28+,29-,30-,37-,39+,40-,41-,45-,46-/m1/s1. The molecule has 1 aliphatic heterocycles. The van der Waals surface area contributed by atoms with Crippen molar-refractivity contribution in [1.82, 2.24) is 9.80 Å². The van der Waals surface area contributed by atoms with Crippen LogP contribution in [0.3, 0.4) is 0 Å². The number of esters is 6. The number of carbonyl (C=O) groups excluding carboxylic acids is 6. The van der Waals surface area contributed by atoms with Crippen LogP contribution in [-0.2, 0) is 38.1 Å². The number of para-hydroxylation sites is 2. The molecule has 4 N–H and O–H groups in total. The average molecular weight is 903 g/mol. The molecule has 0 radical (unpaired) electrons. The fourth-order valence-corrected chi connectivity index (χ4v) is 7.97. The van der Waals surface area contributed by atoms with E-state index in [9.17, 15) is 49.2 Å². The molecule has 18 nitrogen and oxygen atoms in total. The highest BCUT2D eigenvalue weighted by Crippen LogP contribution is 2.34. The number of ether oxygens (including phenoxy) is 6. The normalized spacial score (nSPS) is 28.5. The Bertz CT molecular complexity index is 1840. The Kier molecular flexibility index (Phi) is 19.8. The van der Waals surface area contributed by atoms with Crippen molar-refractivity contribution in [1.29, 1.82) is 0 Å². The summed E-state index contributed by atoms with van der Waals surface area (Å²) in [6.45, 7) is 12.3. The van der Waals surface area contributed by atoms with Crippen LogP contribution in [-0.4, -0.2) is 154 Å². The van der Waals surface area contributed by atoms with Gasteiger partial charge in [-0.3, -0.25) is 24.1 Å². The largest absolute Gasteiger partial charge is 0.461 e. The first kappa shape index (κ1) is 53.4. The number of cyclic esters (lactones) is 1. The van der Waals surface area contributed by atoms with Crippen LogP contribution < -0.4 is 9.47 Å². The third-order valence-corrected chi connectivity index (χ3v) is 11.5. The van der Waals surface area contributed by atoms with Crippen LogP contribution in [0, 0.1) is 17.8 Å². The second-order valence-corrected chi connectivity index (χ2v) is 17.1. The third-order valence-electron chi connectivity index (χ3n) is 11.5. The molecule has 0 spiro atoms.